The summed E-state index contributed by atoms with van der Waals surface area (Å²) in [5, 5.41) is 8.53. The largest absolute Gasteiger partial charge is 0.145 e. The van der Waals surface area contributed by atoms with Crippen LogP contribution in [0.15, 0.2) is 34.6 Å². The van der Waals surface area contributed by atoms with E-state index in [0.29, 0.717) is 10.7 Å². The van der Waals surface area contributed by atoms with Crippen molar-refractivity contribution in [1.82, 2.24) is 0 Å². The first-order chi connectivity index (χ1) is 4.97. The molecule has 0 aromatic heterocycles. The third-order valence-electron chi connectivity index (χ3n) is 1.19. The topological polar surface area (TPSA) is 43.2 Å². The Hall–Kier alpha value is -1.58. The Morgan fingerprint density at radius 1 is 0.900 bits per heavy atom. The first-order valence-corrected chi connectivity index (χ1v) is 2.81. The van der Waals surface area contributed by atoms with E-state index in [0.717, 1.165) is 0 Å². The van der Waals surface area contributed by atoms with Crippen LogP contribution >= 0.6 is 0 Å². The van der Waals surface area contributed by atoms with Gasteiger partial charge in [-0.2, -0.15) is 0 Å². The third-order valence-corrected chi connectivity index (χ3v) is 1.19. The standard InChI is InChI=1S/C6H4N2O2/c1-2-4-6-5(3-1)7-9-10-8-6/h1-4H. The van der Waals surface area contributed by atoms with Gasteiger partial charge in [0.15, 0.2) is 0 Å². The van der Waals surface area contributed by atoms with E-state index in [1.165, 1.54) is 0 Å². The summed E-state index contributed by atoms with van der Waals surface area (Å²) in [5.41, 5.74) is 0. The fraction of sp³-hybridized carbons (Fsp3) is 0. The number of hydrogen-bond donors (Lipinski definition) is 0. The van der Waals surface area contributed by atoms with Gasteiger partial charge in [0.2, 0.25) is 0 Å². The van der Waals surface area contributed by atoms with E-state index in [4.69, 9.17) is 0 Å². The Bertz CT molecular complexity index is 312. The molecule has 0 saturated heterocycles. The lowest BCUT2D eigenvalue weighted by Crippen LogP contribution is -2.27. The van der Waals surface area contributed by atoms with Crippen LogP contribution in [0.5, 0.6) is 0 Å². The van der Waals surface area contributed by atoms with E-state index in [-0.39, 0.29) is 0 Å². The molecule has 1 aliphatic heterocycles. The predicted octanol–water partition coefficient (Wildman–Crippen LogP) is -0.282. The lowest BCUT2D eigenvalue weighted by Gasteiger charge is -1.94. The molecule has 0 aliphatic carbocycles. The van der Waals surface area contributed by atoms with Crippen LogP contribution in [-0.2, 0) is 9.98 Å². The quantitative estimate of drug-likeness (QED) is 0.460. The summed E-state index contributed by atoms with van der Waals surface area (Å²) in [7, 11) is 0. The maximum absolute atomic E-state index is 4.25. The lowest BCUT2D eigenvalue weighted by molar-refractivity contribution is -0.309. The van der Waals surface area contributed by atoms with E-state index >= 15 is 0 Å². The van der Waals surface area contributed by atoms with Crippen molar-refractivity contribution in [2.24, 2.45) is 10.3 Å². The first kappa shape index (κ1) is 5.22. The second-order valence-electron chi connectivity index (χ2n) is 1.82. The molecular formula is C6H4N2O2. The Kier molecular flexibility index (Phi) is 1.04. The predicted molar refractivity (Wildman–Crippen MR) is 30.9 cm³/mol. The van der Waals surface area contributed by atoms with Crippen LogP contribution in [0.25, 0.3) is 0 Å². The Morgan fingerprint density at radius 2 is 1.40 bits per heavy atom. The highest BCUT2D eigenvalue weighted by molar-refractivity contribution is 4.99. The van der Waals surface area contributed by atoms with Crippen LogP contribution in [0.1, 0.15) is 0 Å². The summed E-state index contributed by atoms with van der Waals surface area (Å²) in [5.74, 6) is 0. The van der Waals surface area contributed by atoms with Crippen molar-refractivity contribution in [2.45, 2.75) is 0 Å². The smallest absolute Gasteiger partial charge is 0.137 e. The molecule has 0 N–H and O–H groups in total. The van der Waals surface area contributed by atoms with Crippen molar-refractivity contribution in [1.29, 1.82) is 0 Å². The minimum absolute atomic E-state index is 0.689. The molecule has 1 aromatic carbocycles. The minimum Gasteiger partial charge on any atom is -0.145 e. The fourth-order valence-electron chi connectivity index (χ4n) is 0.732. The molecule has 0 spiro atoms. The molecule has 2 rings (SSSR count). The molecule has 10 heavy (non-hydrogen) atoms. The van der Waals surface area contributed by atoms with Crippen LogP contribution in [0.3, 0.4) is 0 Å². The van der Waals surface area contributed by atoms with E-state index in [2.05, 4.69) is 20.3 Å². The molecule has 1 aliphatic rings. The van der Waals surface area contributed by atoms with Gasteiger partial charge in [-0.25, -0.2) is 0 Å². The Balaban J connectivity index is 2.84. The Labute approximate surface area is 56.3 Å². The highest BCUT2D eigenvalue weighted by Crippen LogP contribution is 1.82. The van der Waals surface area contributed by atoms with Crippen molar-refractivity contribution < 1.29 is 9.98 Å². The minimum atomic E-state index is 0.689. The van der Waals surface area contributed by atoms with Gasteiger partial charge in [0.25, 0.3) is 0 Å². The van der Waals surface area contributed by atoms with Crippen LogP contribution in [0.2, 0.25) is 0 Å². The fourth-order valence-corrected chi connectivity index (χ4v) is 0.732. The van der Waals surface area contributed by atoms with E-state index in [1.807, 2.05) is 12.1 Å². The normalized spacial score (nSPS) is 13.2. The van der Waals surface area contributed by atoms with Crippen molar-refractivity contribution >= 4 is 0 Å². The summed E-state index contributed by atoms with van der Waals surface area (Å²) in [6.07, 6.45) is 0. The molecule has 1 heterocycles. The van der Waals surface area contributed by atoms with E-state index in [9.17, 15) is 0 Å². The van der Waals surface area contributed by atoms with Gasteiger partial charge in [0, 0.05) is 0 Å². The molecule has 0 atom stereocenters. The highest BCUT2D eigenvalue weighted by atomic mass is 17.3. The molecule has 50 valence electrons. The van der Waals surface area contributed by atoms with Crippen LogP contribution in [0.4, 0.5) is 0 Å². The summed E-state index contributed by atoms with van der Waals surface area (Å²) in [6.45, 7) is 0. The molecule has 0 saturated carbocycles. The van der Waals surface area contributed by atoms with E-state index < -0.39 is 0 Å². The van der Waals surface area contributed by atoms with Gasteiger partial charge in [-0.05, 0) is 22.4 Å². The van der Waals surface area contributed by atoms with Crippen molar-refractivity contribution in [3.05, 3.63) is 35.0 Å². The van der Waals surface area contributed by atoms with Crippen molar-refractivity contribution in [2.75, 3.05) is 0 Å². The second kappa shape index (κ2) is 1.98. The summed E-state index contributed by atoms with van der Waals surface area (Å²) < 4.78 is 0. The number of fused-ring (bicyclic) bond motifs is 1. The summed E-state index contributed by atoms with van der Waals surface area (Å²) in [4.78, 5) is 8.51. The molecule has 0 bridgehead atoms. The number of nitrogens with zero attached hydrogens (tertiary/aromatic N) is 2. The molecular weight excluding hydrogens is 132 g/mol. The van der Waals surface area contributed by atoms with Crippen LogP contribution in [-0.4, -0.2) is 0 Å². The zero-order valence-corrected chi connectivity index (χ0v) is 5.02. The molecule has 0 radical (unpaired) electrons. The average Bonchev–Trinajstić information content (AvgIpc) is 2.05. The van der Waals surface area contributed by atoms with Gasteiger partial charge in [0.05, 0.1) is 0 Å². The van der Waals surface area contributed by atoms with Gasteiger partial charge < -0.3 is 0 Å². The third kappa shape index (κ3) is 0.699. The second-order valence-corrected chi connectivity index (χ2v) is 1.82. The number of hydrogen-bond acceptors (Lipinski definition) is 4. The maximum atomic E-state index is 4.25. The lowest BCUT2D eigenvalue weighted by atomic mass is 10.3. The van der Waals surface area contributed by atoms with Gasteiger partial charge in [-0.1, -0.05) is 12.1 Å². The Morgan fingerprint density at radius 3 is 1.90 bits per heavy atom. The van der Waals surface area contributed by atoms with Crippen molar-refractivity contribution in [3.8, 4) is 0 Å². The van der Waals surface area contributed by atoms with Gasteiger partial charge in [-0.3, -0.25) is 0 Å². The van der Waals surface area contributed by atoms with Crippen LogP contribution < -0.4 is 10.7 Å². The van der Waals surface area contributed by atoms with Crippen molar-refractivity contribution in [3.63, 3.8) is 0 Å². The molecule has 1 aromatic rings. The monoisotopic (exact) mass is 136 g/mol. The van der Waals surface area contributed by atoms with Gasteiger partial charge >= 0.3 is 0 Å². The van der Waals surface area contributed by atoms with Gasteiger partial charge in [0.1, 0.15) is 10.7 Å². The maximum Gasteiger partial charge on any atom is 0.137 e. The molecule has 4 nitrogen and oxygen atoms in total. The number of benzene rings is 1. The summed E-state index contributed by atoms with van der Waals surface area (Å²) >= 11 is 0. The molecule has 0 amide bonds. The highest BCUT2D eigenvalue weighted by Gasteiger charge is 1.93. The summed E-state index contributed by atoms with van der Waals surface area (Å²) in [6, 6.07) is 7.29. The zero-order valence-electron chi connectivity index (χ0n) is 5.02. The number of rotatable bonds is 0. The average molecular weight is 136 g/mol. The van der Waals surface area contributed by atoms with Gasteiger partial charge in [-0.15, -0.1) is 9.98 Å². The van der Waals surface area contributed by atoms with E-state index in [1.54, 1.807) is 12.1 Å². The molecule has 0 fully saturated rings. The molecule has 0 unspecified atom stereocenters. The van der Waals surface area contributed by atoms with Crippen LogP contribution in [0, 0.1) is 0 Å². The molecule has 4 heteroatoms. The SMILES string of the molecule is c1ccc2c(c1)=NOON=2. The first-order valence-electron chi connectivity index (χ1n) is 2.81. The zero-order chi connectivity index (χ0) is 6.81.